The van der Waals surface area contributed by atoms with Crippen molar-refractivity contribution in [2.75, 3.05) is 6.26 Å². The first kappa shape index (κ1) is 14.0. The van der Waals surface area contributed by atoms with Crippen LogP contribution in [0.4, 0.5) is 0 Å². The quantitative estimate of drug-likeness (QED) is 0.808. The highest BCUT2D eigenvalue weighted by atomic mass is 32.2. The molecule has 0 heterocycles. The van der Waals surface area contributed by atoms with Gasteiger partial charge in [0.2, 0.25) is 0 Å². The van der Waals surface area contributed by atoms with Crippen LogP contribution in [0.1, 0.15) is 30.9 Å². The normalized spacial score (nSPS) is 12.6. The third-order valence-electron chi connectivity index (χ3n) is 3.18. The molecule has 2 aromatic rings. The van der Waals surface area contributed by atoms with Gasteiger partial charge in [0.1, 0.15) is 0 Å². The molecule has 0 amide bonds. The summed E-state index contributed by atoms with van der Waals surface area (Å²) in [5, 5.41) is 0. The molecule has 0 aliphatic heterocycles. The lowest BCUT2D eigenvalue weighted by Gasteiger charge is -2.09. The van der Waals surface area contributed by atoms with E-state index in [1.54, 1.807) is 6.26 Å². The van der Waals surface area contributed by atoms with Gasteiger partial charge < -0.3 is 0 Å². The van der Waals surface area contributed by atoms with Crippen LogP contribution in [0.2, 0.25) is 0 Å². The first-order chi connectivity index (χ1) is 9.06. The molecule has 1 nitrogen and oxygen atoms in total. The van der Waals surface area contributed by atoms with Gasteiger partial charge >= 0.3 is 0 Å². The summed E-state index contributed by atoms with van der Waals surface area (Å²) in [5.41, 5.74) is 4.91. The molecule has 0 aliphatic carbocycles. The van der Waals surface area contributed by atoms with Gasteiger partial charge in [-0.1, -0.05) is 62.4 Å². The van der Waals surface area contributed by atoms with Crippen LogP contribution in [0.15, 0.2) is 48.5 Å². The second-order valence-electron chi connectivity index (χ2n) is 5.20. The van der Waals surface area contributed by atoms with Gasteiger partial charge in [-0.25, -0.2) is 0 Å². The van der Waals surface area contributed by atoms with Crippen molar-refractivity contribution >= 4 is 10.8 Å². The van der Waals surface area contributed by atoms with Crippen LogP contribution in [0.25, 0.3) is 11.1 Å². The van der Waals surface area contributed by atoms with Gasteiger partial charge in [-0.15, -0.1) is 0 Å². The SMILES string of the molecule is CC(C)c1cccc(-c2cccc(CS(C)=O)c2)c1. The minimum absolute atomic E-state index is 0.534. The van der Waals surface area contributed by atoms with Gasteiger partial charge in [0.25, 0.3) is 0 Å². The number of hydrogen-bond acceptors (Lipinski definition) is 1. The van der Waals surface area contributed by atoms with Gasteiger partial charge in [-0.3, -0.25) is 4.21 Å². The van der Waals surface area contributed by atoms with Crippen molar-refractivity contribution < 1.29 is 4.21 Å². The molecule has 0 bridgehead atoms. The molecule has 0 radical (unpaired) electrons. The van der Waals surface area contributed by atoms with E-state index in [4.69, 9.17) is 0 Å². The summed E-state index contributed by atoms with van der Waals surface area (Å²) in [6, 6.07) is 17.0. The molecule has 0 fully saturated rings. The fourth-order valence-corrected chi connectivity index (χ4v) is 2.80. The van der Waals surface area contributed by atoms with Crippen molar-refractivity contribution in [3.05, 3.63) is 59.7 Å². The summed E-state index contributed by atoms with van der Waals surface area (Å²) in [4.78, 5) is 0. The van der Waals surface area contributed by atoms with Crippen LogP contribution in [-0.4, -0.2) is 10.5 Å². The van der Waals surface area contributed by atoms with E-state index in [0.29, 0.717) is 11.7 Å². The smallest absolute Gasteiger partial charge is 0.0483 e. The summed E-state index contributed by atoms with van der Waals surface area (Å²) in [6.45, 7) is 4.41. The average molecular weight is 272 g/mol. The molecular formula is C17H20OS. The van der Waals surface area contributed by atoms with Crippen molar-refractivity contribution in [2.24, 2.45) is 0 Å². The molecular weight excluding hydrogens is 252 g/mol. The van der Waals surface area contributed by atoms with Crippen LogP contribution in [0, 0.1) is 0 Å². The predicted octanol–water partition coefficient (Wildman–Crippen LogP) is 4.36. The lowest BCUT2D eigenvalue weighted by molar-refractivity contribution is 0.686. The van der Waals surface area contributed by atoms with Gasteiger partial charge in [0.05, 0.1) is 0 Å². The van der Waals surface area contributed by atoms with Crippen LogP contribution in [0.3, 0.4) is 0 Å². The van der Waals surface area contributed by atoms with Crippen LogP contribution < -0.4 is 0 Å². The minimum atomic E-state index is -0.793. The van der Waals surface area contributed by atoms with Crippen molar-refractivity contribution in [1.29, 1.82) is 0 Å². The van der Waals surface area contributed by atoms with Gasteiger partial charge in [0, 0.05) is 22.8 Å². The maximum Gasteiger partial charge on any atom is 0.0483 e. The zero-order valence-corrected chi connectivity index (χ0v) is 12.5. The lowest BCUT2D eigenvalue weighted by Crippen LogP contribution is -1.93. The van der Waals surface area contributed by atoms with E-state index in [2.05, 4.69) is 50.2 Å². The van der Waals surface area contributed by atoms with Crippen LogP contribution >= 0.6 is 0 Å². The Morgan fingerprint density at radius 1 is 1.00 bits per heavy atom. The van der Waals surface area contributed by atoms with E-state index in [-0.39, 0.29) is 0 Å². The Kier molecular flexibility index (Phi) is 4.54. The maximum absolute atomic E-state index is 11.3. The topological polar surface area (TPSA) is 17.1 Å². The highest BCUT2D eigenvalue weighted by molar-refractivity contribution is 7.83. The van der Waals surface area contributed by atoms with E-state index in [0.717, 1.165) is 5.56 Å². The summed E-state index contributed by atoms with van der Waals surface area (Å²) in [5.74, 6) is 1.16. The zero-order valence-electron chi connectivity index (χ0n) is 11.7. The molecule has 19 heavy (non-hydrogen) atoms. The molecule has 2 aromatic carbocycles. The molecule has 0 aromatic heterocycles. The monoisotopic (exact) mass is 272 g/mol. The Bertz CT molecular complexity index is 587. The van der Waals surface area contributed by atoms with Gasteiger partial charge in [-0.2, -0.15) is 0 Å². The van der Waals surface area contributed by atoms with Gasteiger partial charge in [-0.05, 0) is 28.2 Å². The second kappa shape index (κ2) is 6.16. The van der Waals surface area contributed by atoms with Crippen molar-refractivity contribution in [1.82, 2.24) is 0 Å². The molecule has 1 atom stereocenters. The fourth-order valence-electron chi connectivity index (χ4n) is 2.15. The van der Waals surface area contributed by atoms with E-state index in [1.807, 2.05) is 12.1 Å². The minimum Gasteiger partial charge on any atom is -0.260 e. The van der Waals surface area contributed by atoms with Gasteiger partial charge in [0.15, 0.2) is 0 Å². The summed E-state index contributed by atoms with van der Waals surface area (Å²) in [7, 11) is -0.793. The Hall–Kier alpha value is -1.41. The number of rotatable bonds is 4. The van der Waals surface area contributed by atoms with Crippen LogP contribution in [-0.2, 0) is 16.6 Å². The third kappa shape index (κ3) is 3.77. The molecule has 0 aliphatic rings. The Morgan fingerprint density at radius 3 is 2.26 bits per heavy atom. The first-order valence-corrected chi connectivity index (χ1v) is 8.28. The van der Waals surface area contributed by atoms with E-state index < -0.39 is 10.8 Å². The average Bonchev–Trinajstić information content (AvgIpc) is 2.38. The van der Waals surface area contributed by atoms with E-state index in [9.17, 15) is 4.21 Å². The highest BCUT2D eigenvalue weighted by Crippen LogP contribution is 2.25. The zero-order chi connectivity index (χ0) is 13.8. The third-order valence-corrected chi connectivity index (χ3v) is 3.92. The first-order valence-electron chi connectivity index (χ1n) is 6.55. The summed E-state index contributed by atoms with van der Waals surface area (Å²) in [6.07, 6.45) is 1.74. The molecule has 2 rings (SSSR count). The van der Waals surface area contributed by atoms with Crippen LogP contribution in [0.5, 0.6) is 0 Å². The summed E-state index contributed by atoms with van der Waals surface area (Å²) < 4.78 is 11.3. The van der Waals surface area contributed by atoms with E-state index in [1.165, 1.54) is 16.7 Å². The molecule has 0 spiro atoms. The van der Waals surface area contributed by atoms with E-state index >= 15 is 0 Å². The number of benzene rings is 2. The Labute approximate surface area is 118 Å². The molecule has 0 saturated carbocycles. The molecule has 0 saturated heterocycles. The fraction of sp³-hybridized carbons (Fsp3) is 0.294. The standard InChI is InChI=1S/C17H20OS/c1-13(2)15-7-5-9-17(11-15)16-8-4-6-14(10-16)12-19(3)18/h4-11,13H,12H2,1-3H3. The lowest BCUT2D eigenvalue weighted by atomic mass is 9.97. The molecule has 1 unspecified atom stereocenters. The van der Waals surface area contributed by atoms with Crippen molar-refractivity contribution in [2.45, 2.75) is 25.5 Å². The molecule has 2 heteroatoms. The molecule has 0 N–H and O–H groups in total. The molecule has 100 valence electrons. The second-order valence-corrected chi connectivity index (χ2v) is 6.63. The Balaban J connectivity index is 2.36. The maximum atomic E-state index is 11.3. The number of hydrogen-bond donors (Lipinski definition) is 0. The highest BCUT2D eigenvalue weighted by Gasteiger charge is 2.04. The summed E-state index contributed by atoms with van der Waals surface area (Å²) >= 11 is 0. The predicted molar refractivity (Wildman–Crippen MR) is 83.7 cm³/mol. The largest absolute Gasteiger partial charge is 0.260 e. The van der Waals surface area contributed by atoms with Crippen molar-refractivity contribution in [3.63, 3.8) is 0 Å². The van der Waals surface area contributed by atoms with Crippen molar-refractivity contribution in [3.8, 4) is 11.1 Å². The Morgan fingerprint density at radius 2 is 1.63 bits per heavy atom.